The summed E-state index contributed by atoms with van der Waals surface area (Å²) in [6.45, 7) is 0. The highest BCUT2D eigenvalue weighted by Crippen LogP contribution is 2.30. The molecule has 0 saturated heterocycles. The van der Waals surface area contributed by atoms with Gasteiger partial charge in [-0.25, -0.2) is 0 Å². The third-order valence-corrected chi connectivity index (χ3v) is 4.39. The Hall–Kier alpha value is -1.29. The second-order valence-corrected chi connectivity index (χ2v) is 5.52. The lowest BCUT2D eigenvalue weighted by molar-refractivity contribution is 0.104. The van der Waals surface area contributed by atoms with Crippen molar-refractivity contribution in [2.45, 2.75) is 0 Å². The zero-order chi connectivity index (χ0) is 12.7. The van der Waals surface area contributed by atoms with E-state index >= 15 is 0 Å². The molecule has 0 radical (unpaired) electrons. The molecule has 2 aromatic heterocycles. The van der Waals surface area contributed by atoms with E-state index in [1.54, 1.807) is 23.7 Å². The van der Waals surface area contributed by atoms with Crippen molar-refractivity contribution in [3.8, 4) is 0 Å². The molecule has 0 unspecified atom stereocenters. The van der Waals surface area contributed by atoms with Gasteiger partial charge >= 0.3 is 0 Å². The number of H-pyrrole nitrogens is 1. The molecule has 18 heavy (non-hydrogen) atoms. The van der Waals surface area contributed by atoms with E-state index in [4.69, 9.17) is 23.2 Å². The molecule has 1 N–H and O–H groups in total. The van der Waals surface area contributed by atoms with Gasteiger partial charge in [-0.1, -0.05) is 35.3 Å². The van der Waals surface area contributed by atoms with Gasteiger partial charge in [0.25, 0.3) is 0 Å². The number of aromatic amines is 1. The Morgan fingerprint density at radius 1 is 1.17 bits per heavy atom. The number of rotatable bonds is 2. The number of hydrogen-bond donors (Lipinski definition) is 1. The number of hydrogen-bond acceptors (Lipinski definition) is 2. The Morgan fingerprint density at radius 3 is 2.72 bits per heavy atom. The van der Waals surface area contributed by atoms with E-state index in [2.05, 4.69) is 4.98 Å². The highest BCUT2D eigenvalue weighted by Gasteiger charge is 2.18. The smallest absolute Gasteiger partial charge is 0.206 e. The van der Waals surface area contributed by atoms with Crippen LogP contribution in [0.25, 0.3) is 10.9 Å². The lowest BCUT2D eigenvalue weighted by atomic mass is 10.1. The largest absolute Gasteiger partial charge is 0.359 e. The molecule has 2 heterocycles. The predicted molar refractivity (Wildman–Crippen MR) is 76.1 cm³/mol. The maximum absolute atomic E-state index is 12.4. The molecule has 5 heteroatoms. The fourth-order valence-electron chi connectivity index (χ4n) is 1.88. The van der Waals surface area contributed by atoms with Gasteiger partial charge in [-0.15, -0.1) is 11.3 Å². The summed E-state index contributed by atoms with van der Waals surface area (Å²) in [4.78, 5) is 16.0. The first-order valence-corrected chi connectivity index (χ1v) is 6.85. The van der Waals surface area contributed by atoms with Crippen LogP contribution in [0.1, 0.15) is 15.2 Å². The maximum atomic E-state index is 12.4. The summed E-state index contributed by atoms with van der Waals surface area (Å²) in [5.74, 6) is -0.0801. The van der Waals surface area contributed by atoms with Gasteiger partial charge in [0.15, 0.2) is 0 Å². The molecule has 0 aliphatic rings. The number of fused-ring (bicyclic) bond motifs is 1. The minimum Gasteiger partial charge on any atom is -0.359 e. The van der Waals surface area contributed by atoms with E-state index in [-0.39, 0.29) is 5.78 Å². The summed E-state index contributed by atoms with van der Waals surface area (Å²) in [5, 5.41) is 3.71. The van der Waals surface area contributed by atoms with Gasteiger partial charge in [0.2, 0.25) is 5.78 Å². The summed E-state index contributed by atoms with van der Waals surface area (Å²) in [6, 6.07) is 7.20. The van der Waals surface area contributed by atoms with E-state index in [1.165, 1.54) is 11.3 Å². The second-order valence-electron chi connectivity index (χ2n) is 3.79. The molecule has 3 aromatic rings. The normalized spacial score (nSPS) is 11.0. The molecule has 0 spiro atoms. The van der Waals surface area contributed by atoms with Crippen LogP contribution in [0.5, 0.6) is 0 Å². The number of halogens is 2. The summed E-state index contributed by atoms with van der Waals surface area (Å²) in [6.07, 6.45) is 1.68. The molecule has 0 aliphatic heterocycles. The van der Waals surface area contributed by atoms with Crippen LogP contribution in [-0.2, 0) is 0 Å². The molecule has 0 fully saturated rings. The number of aromatic nitrogens is 1. The number of benzene rings is 1. The van der Waals surface area contributed by atoms with Gasteiger partial charge in [0, 0.05) is 17.1 Å². The Bertz CT molecular complexity index is 744. The molecule has 1 aromatic carbocycles. The first kappa shape index (κ1) is 11.8. The van der Waals surface area contributed by atoms with Gasteiger partial charge in [-0.2, -0.15) is 0 Å². The fourth-order valence-corrected chi connectivity index (χ4v) is 3.21. The first-order chi connectivity index (χ1) is 8.68. The summed E-state index contributed by atoms with van der Waals surface area (Å²) in [5.41, 5.74) is 1.37. The van der Waals surface area contributed by atoms with Crippen molar-refractivity contribution in [2.24, 2.45) is 0 Å². The first-order valence-electron chi connectivity index (χ1n) is 5.22. The monoisotopic (exact) mass is 295 g/mol. The number of ketones is 1. The van der Waals surface area contributed by atoms with Crippen LogP contribution in [0, 0.1) is 0 Å². The van der Waals surface area contributed by atoms with Gasteiger partial charge in [-0.05, 0) is 17.5 Å². The average Bonchev–Trinajstić information content (AvgIpc) is 2.95. The van der Waals surface area contributed by atoms with Crippen LogP contribution >= 0.6 is 34.5 Å². The van der Waals surface area contributed by atoms with Gasteiger partial charge in [0.05, 0.1) is 20.4 Å². The van der Waals surface area contributed by atoms with E-state index in [9.17, 15) is 4.79 Å². The summed E-state index contributed by atoms with van der Waals surface area (Å²) < 4.78 is 0. The van der Waals surface area contributed by atoms with E-state index in [1.807, 2.05) is 12.1 Å². The van der Waals surface area contributed by atoms with Gasteiger partial charge in [0.1, 0.15) is 0 Å². The molecule has 2 nitrogen and oxygen atoms in total. The zero-order valence-corrected chi connectivity index (χ0v) is 11.4. The standard InChI is InChI=1S/C13H7Cl2NOS/c14-9-3-1-2-7-8(6-16-11(7)9)12(17)13-10(15)4-5-18-13/h1-6,16H. The Labute approximate surface area is 117 Å². The predicted octanol–water partition coefficient (Wildman–Crippen LogP) is 4.77. The molecule has 90 valence electrons. The van der Waals surface area contributed by atoms with E-state index < -0.39 is 0 Å². The number of nitrogens with one attached hydrogen (secondary N) is 1. The lowest BCUT2D eigenvalue weighted by Gasteiger charge is -1.98. The third kappa shape index (κ3) is 1.75. The number of carbonyl (C=O) groups excluding carboxylic acids is 1. The summed E-state index contributed by atoms with van der Waals surface area (Å²) >= 11 is 13.4. The molecule has 3 rings (SSSR count). The topological polar surface area (TPSA) is 32.9 Å². The highest BCUT2D eigenvalue weighted by atomic mass is 35.5. The van der Waals surface area contributed by atoms with Crippen LogP contribution in [0.15, 0.2) is 35.8 Å². The van der Waals surface area contributed by atoms with Crippen molar-refractivity contribution in [3.63, 3.8) is 0 Å². The fraction of sp³-hybridized carbons (Fsp3) is 0. The van der Waals surface area contributed by atoms with E-state index in [0.29, 0.717) is 20.5 Å². The molecular formula is C13H7Cl2NOS. The molecule has 0 aliphatic carbocycles. The van der Waals surface area contributed by atoms with Crippen molar-refractivity contribution in [1.82, 2.24) is 4.98 Å². The molecule has 0 amide bonds. The Kier molecular flexibility index (Phi) is 2.90. The minimum atomic E-state index is -0.0801. The molecule has 0 bridgehead atoms. The van der Waals surface area contributed by atoms with Gasteiger partial charge < -0.3 is 4.98 Å². The molecule has 0 atom stereocenters. The second kappa shape index (κ2) is 4.43. The highest BCUT2D eigenvalue weighted by molar-refractivity contribution is 7.13. The van der Waals surface area contributed by atoms with Crippen LogP contribution in [0.4, 0.5) is 0 Å². The van der Waals surface area contributed by atoms with Crippen LogP contribution in [-0.4, -0.2) is 10.8 Å². The minimum absolute atomic E-state index is 0.0801. The quantitative estimate of drug-likeness (QED) is 0.679. The van der Waals surface area contributed by atoms with Crippen molar-refractivity contribution < 1.29 is 4.79 Å². The Morgan fingerprint density at radius 2 is 2.00 bits per heavy atom. The number of para-hydroxylation sites is 1. The SMILES string of the molecule is O=C(c1sccc1Cl)c1c[nH]c2c(Cl)cccc12. The lowest BCUT2D eigenvalue weighted by Crippen LogP contribution is -1.97. The molecule has 0 saturated carbocycles. The van der Waals surface area contributed by atoms with Crippen LogP contribution in [0.2, 0.25) is 10.0 Å². The summed E-state index contributed by atoms with van der Waals surface area (Å²) in [7, 11) is 0. The van der Waals surface area contributed by atoms with Crippen molar-refractivity contribution in [2.75, 3.05) is 0 Å². The van der Waals surface area contributed by atoms with Crippen molar-refractivity contribution in [3.05, 3.63) is 56.3 Å². The molecular weight excluding hydrogens is 289 g/mol. The van der Waals surface area contributed by atoms with Crippen molar-refractivity contribution >= 4 is 51.2 Å². The van der Waals surface area contributed by atoms with Crippen molar-refractivity contribution in [1.29, 1.82) is 0 Å². The van der Waals surface area contributed by atoms with Gasteiger partial charge in [-0.3, -0.25) is 4.79 Å². The Balaban J connectivity index is 2.19. The van der Waals surface area contributed by atoms with E-state index in [0.717, 1.165) is 10.9 Å². The maximum Gasteiger partial charge on any atom is 0.206 e. The average molecular weight is 296 g/mol. The number of thiophene rings is 1. The van der Waals surface area contributed by atoms with Crippen LogP contribution in [0.3, 0.4) is 0 Å². The zero-order valence-electron chi connectivity index (χ0n) is 9.04. The van der Waals surface area contributed by atoms with Crippen LogP contribution < -0.4 is 0 Å². The third-order valence-electron chi connectivity index (χ3n) is 2.73. The number of carbonyl (C=O) groups is 1.